The Hall–Kier alpha value is -1.84. The third-order valence-corrected chi connectivity index (χ3v) is 3.15. The first-order chi connectivity index (χ1) is 9.65. The molecule has 0 saturated heterocycles. The lowest BCUT2D eigenvalue weighted by molar-refractivity contribution is -0.112. The van der Waals surface area contributed by atoms with Crippen LogP contribution in [0.25, 0.3) is 0 Å². The minimum absolute atomic E-state index is 0.365. The lowest BCUT2D eigenvalue weighted by Crippen LogP contribution is -2.37. The molecule has 0 saturated carbocycles. The molecule has 0 aliphatic rings. The minimum Gasteiger partial charge on any atom is -0.444 e. The second-order valence-corrected chi connectivity index (χ2v) is 6.50. The van der Waals surface area contributed by atoms with Gasteiger partial charge in [0.1, 0.15) is 17.9 Å². The molecule has 1 aromatic rings. The first-order valence-corrected chi connectivity index (χ1v) is 7.16. The molecule has 0 bridgehead atoms. The van der Waals surface area contributed by atoms with Crippen LogP contribution in [0.5, 0.6) is 0 Å². The highest BCUT2D eigenvalue weighted by molar-refractivity contribution is 5.74. The van der Waals surface area contributed by atoms with Crippen LogP contribution in [0.2, 0.25) is 0 Å². The van der Waals surface area contributed by atoms with Crippen LogP contribution in [0.4, 0.5) is 4.79 Å². The van der Waals surface area contributed by atoms with Crippen LogP contribution in [0, 0.1) is 0 Å². The molecular weight excluding hydrogens is 266 g/mol. The van der Waals surface area contributed by atoms with E-state index >= 15 is 0 Å². The van der Waals surface area contributed by atoms with Crippen molar-refractivity contribution in [1.29, 1.82) is 0 Å². The van der Waals surface area contributed by atoms with Crippen molar-refractivity contribution in [3.05, 3.63) is 35.4 Å². The predicted molar refractivity (Wildman–Crippen MR) is 83.3 cm³/mol. The number of amides is 1. The van der Waals surface area contributed by atoms with Gasteiger partial charge >= 0.3 is 6.09 Å². The smallest absolute Gasteiger partial charge is 0.410 e. The highest BCUT2D eigenvalue weighted by Gasteiger charge is 2.26. The molecular formula is C17H25NO3. The van der Waals surface area contributed by atoms with Crippen LogP contribution in [0.15, 0.2) is 24.3 Å². The summed E-state index contributed by atoms with van der Waals surface area (Å²) in [5.41, 5.74) is 1.35. The lowest BCUT2D eigenvalue weighted by Gasteiger charge is -2.28. The van der Waals surface area contributed by atoms with Gasteiger partial charge in [-0.15, -0.1) is 0 Å². The molecule has 1 amide bonds. The van der Waals surface area contributed by atoms with E-state index in [-0.39, 0.29) is 0 Å². The van der Waals surface area contributed by atoms with E-state index in [9.17, 15) is 9.59 Å². The van der Waals surface area contributed by atoms with Crippen LogP contribution in [-0.2, 0) is 9.53 Å². The molecule has 0 radical (unpaired) electrons. The van der Waals surface area contributed by atoms with Gasteiger partial charge in [0.05, 0.1) is 0 Å². The average molecular weight is 291 g/mol. The molecule has 0 aliphatic heterocycles. The normalized spacial score (nSPS) is 12.9. The Morgan fingerprint density at radius 1 is 1.24 bits per heavy atom. The van der Waals surface area contributed by atoms with Crippen molar-refractivity contribution in [2.75, 3.05) is 7.05 Å². The third kappa shape index (κ3) is 4.88. The van der Waals surface area contributed by atoms with Gasteiger partial charge in [-0.2, -0.15) is 0 Å². The minimum atomic E-state index is -0.640. The first kappa shape index (κ1) is 17.2. The Balaban J connectivity index is 2.99. The third-order valence-electron chi connectivity index (χ3n) is 3.15. The summed E-state index contributed by atoms with van der Waals surface area (Å²) in [6.07, 6.45) is 0.262. The fourth-order valence-corrected chi connectivity index (χ4v) is 1.94. The van der Waals surface area contributed by atoms with E-state index in [1.807, 2.05) is 24.3 Å². The van der Waals surface area contributed by atoms with E-state index < -0.39 is 17.7 Å². The maximum absolute atomic E-state index is 12.1. The van der Waals surface area contributed by atoms with Gasteiger partial charge in [0.2, 0.25) is 0 Å². The molecule has 4 heteroatoms. The zero-order valence-corrected chi connectivity index (χ0v) is 13.7. The summed E-state index contributed by atoms with van der Waals surface area (Å²) in [4.78, 5) is 24.9. The zero-order chi connectivity index (χ0) is 16.2. The van der Waals surface area contributed by atoms with Crippen molar-refractivity contribution >= 4 is 12.4 Å². The summed E-state index contributed by atoms with van der Waals surface area (Å²) in [6.45, 7) is 9.58. The van der Waals surface area contributed by atoms with E-state index in [1.165, 1.54) is 4.90 Å². The Morgan fingerprint density at radius 2 is 1.81 bits per heavy atom. The van der Waals surface area contributed by atoms with Gasteiger partial charge in [-0.3, -0.25) is 4.90 Å². The summed E-state index contributed by atoms with van der Waals surface area (Å²) in [7, 11) is 1.58. The molecule has 21 heavy (non-hydrogen) atoms. The van der Waals surface area contributed by atoms with E-state index in [0.29, 0.717) is 5.92 Å². The Kier molecular flexibility index (Phi) is 5.53. The summed E-state index contributed by atoms with van der Waals surface area (Å²) < 4.78 is 5.31. The molecule has 0 N–H and O–H groups in total. The molecule has 1 rings (SSSR count). The largest absolute Gasteiger partial charge is 0.444 e. The number of hydrogen-bond acceptors (Lipinski definition) is 3. The van der Waals surface area contributed by atoms with Crippen molar-refractivity contribution in [2.45, 2.75) is 52.2 Å². The fraction of sp³-hybridized carbons (Fsp3) is 0.529. The lowest BCUT2D eigenvalue weighted by atomic mass is 9.98. The van der Waals surface area contributed by atoms with Gasteiger partial charge in [-0.1, -0.05) is 38.1 Å². The maximum Gasteiger partial charge on any atom is 0.410 e. The van der Waals surface area contributed by atoms with Gasteiger partial charge in [-0.05, 0) is 37.8 Å². The number of ether oxygens (including phenoxy) is 1. The molecule has 0 spiro atoms. The Bertz CT molecular complexity index is 503. The van der Waals surface area contributed by atoms with E-state index in [4.69, 9.17) is 4.74 Å². The quantitative estimate of drug-likeness (QED) is 0.790. The number of carbonyl (C=O) groups excluding carboxylic acids is 2. The topological polar surface area (TPSA) is 46.6 Å². The van der Waals surface area contributed by atoms with E-state index in [2.05, 4.69) is 13.8 Å². The SMILES string of the molecule is CC(C)c1cccc(C(C=O)N(C)C(=O)OC(C)(C)C)c1. The number of aldehydes is 1. The van der Waals surface area contributed by atoms with Gasteiger partial charge in [0.25, 0.3) is 0 Å². The Labute approximate surface area is 127 Å². The van der Waals surface area contributed by atoms with Crippen LogP contribution in [0.3, 0.4) is 0 Å². The van der Waals surface area contributed by atoms with Crippen molar-refractivity contribution in [2.24, 2.45) is 0 Å². The Morgan fingerprint density at radius 3 is 2.29 bits per heavy atom. The number of likely N-dealkylation sites (N-methyl/N-ethyl adjacent to an activating group) is 1. The fourth-order valence-electron chi connectivity index (χ4n) is 1.94. The zero-order valence-electron chi connectivity index (χ0n) is 13.7. The van der Waals surface area contributed by atoms with Gasteiger partial charge in [0.15, 0.2) is 0 Å². The summed E-state index contributed by atoms with van der Waals surface area (Å²) in [5.74, 6) is 0.365. The monoisotopic (exact) mass is 291 g/mol. The number of rotatable bonds is 4. The van der Waals surface area contributed by atoms with Gasteiger partial charge in [-0.25, -0.2) is 4.79 Å². The van der Waals surface area contributed by atoms with Crippen LogP contribution in [-0.4, -0.2) is 29.9 Å². The molecule has 0 fully saturated rings. The average Bonchev–Trinajstić information content (AvgIpc) is 2.37. The standard InChI is InChI=1S/C17H25NO3/c1-12(2)13-8-7-9-14(10-13)15(11-19)18(6)16(20)21-17(3,4)5/h7-12,15H,1-6H3. The van der Waals surface area contributed by atoms with Crippen LogP contribution in [0.1, 0.15) is 57.7 Å². The second-order valence-electron chi connectivity index (χ2n) is 6.50. The second kappa shape index (κ2) is 6.74. The highest BCUT2D eigenvalue weighted by Crippen LogP contribution is 2.23. The van der Waals surface area contributed by atoms with Crippen molar-refractivity contribution in [3.63, 3.8) is 0 Å². The molecule has 0 aromatic heterocycles. The molecule has 1 aromatic carbocycles. The molecule has 0 heterocycles. The first-order valence-electron chi connectivity index (χ1n) is 7.16. The molecule has 0 aliphatic carbocycles. The van der Waals surface area contributed by atoms with Gasteiger partial charge in [0, 0.05) is 7.05 Å². The molecule has 1 unspecified atom stereocenters. The van der Waals surface area contributed by atoms with E-state index in [1.54, 1.807) is 27.8 Å². The number of nitrogens with zero attached hydrogens (tertiary/aromatic N) is 1. The van der Waals surface area contributed by atoms with E-state index in [0.717, 1.165) is 17.4 Å². The molecule has 116 valence electrons. The van der Waals surface area contributed by atoms with Crippen LogP contribution >= 0.6 is 0 Å². The van der Waals surface area contributed by atoms with Crippen molar-refractivity contribution in [3.8, 4) is 0 Å². The summed E-state index contributed by atoms with van der Waals surface area (Å²) in [5, 5.41) is 0. The predicted octanol–water partition coefficient (Wildman–Crippen LogP) is 3.92. The maximum atomic E-state index is 12.1. The van der Waals surface area contributed by atoms with Crippen molar-refractivity contribution < 1.29 is 14.3 Å². The molecule has 4 nitrogen and oxygen atoms in total. The number of hydrogen-bond donors (Lipinski definition) is 0. The number of benzene rings is 1. The molecule has 1 atom stereocenters. The number of carbonyl (C=O) groups is 2. The van der Waals surface area contributed by atoms with Gasteiger partial charge < -0.3 is 9.53 Å². The van der Waals surface area contributed by atoms with Crippen LogP contribution < -0.4 is 0 Å². The highest BCUT2D eigenvalue weighted by atomic mass is 16.6. The van der Waals surface area contributed by atoms with Crippen molar-refractivity contribution in [1.82, 2.24) is 4.90 Å². The summed E-state index contributed by atoms with van der Waals surface area (Å²) in [6, 6.07) is 7.10. The summed E-state index contributed by atoms with van der Waals surface area (Å²) >= 11 is 0.